The minimum Gasteiger partial charge on any atom is -0.394 e. The van der Waals surface area contributed by atoms with Gasteiger partial charge in [-0.2, -0.15) is 0 Å². The minimum atomic E-state index is 0.184. The topological polar surface area (TPSA) is 52.5 Å². The second-order valence-corrected chi connectivity index (χ2v) is 6.06. The van der Waals surface area contributed by atoms with Crippen LogP contribution in [-0.2, 0) is 6.42 Å². The quantitative estimate of drug-likeness (QED) is 0.885. The van der Waals surface area contributed by atoms with Gasteiger partial charge < -0.3 is 14.9 Å². The van der Waals surface area contributed by atoms with Crippen molar-refractivity contribution in [2.75, 3.05) is 36.5 Å². The van der Waals surface area contributed by atoms with Crippen LogP contribution in [0.3, 0.4) is 0 Å². The van der Waals surface area contributed by atoms with Crippen LogP contribution in [0.1, 0.15) is 18.4 Å². The predicted molar refractivity (Wildman–Crippen MR) is 92.9 cm³/mol. The van der Waals surface area contributed by atoms with Gasteiger partial charge in [-0.3, -0.25) is 0 Å². The zero-order valence-electron chi connectivity index (χ0n) is 13.6. The zero-order chi connectivity index (χ0) is 16.1. The summed E-state index contributed by atoms with van der Waals surface area (Å²) in [4.78, 5) is 13.1. The Hall–Kier alpha value is -2.14. The number of benzene rings is 1. The summed E-state index contributed by atoms with van der Waals surface area (Å²) in [5.41, 5.74) is 1.33. The molecule has 1 N–H and O–H groups in total. The molecule has 122 valence electrons. The number of anilines is 2. The molecule has 2 heterocycles. The third kappa shape index (κ3) is 3.79. The molecule has 1 atom stereocenters. The van der Waals surface area contributed by atoms with Crippen molar-refractivity contribution in [1.29, 1.82) is 0 Å². The van der Waals surface area contributed by atoms with Crippen LogP contribution >= 0.6 is 0 Å². The highest BCUT2D eigenvalue weighted by molar-refractivity contribution is 5.51. The first-order valence-electron chi connectivity index (χ1n) is 8.22. The Labute approximate surface area is 137 Å². The molecule has 0 saturated carbocycles. The molecule has 23 heavy (non-hydrogen) atoms. The number of hydrogen-bond acceptors (Lipinski definition) is 5. The molecule has 0 spiro atoms. The highest BCUT2D eigenvalue weighted by Gasteiger charge is 2.25. The van der Waals surface area contributed by atoms with Gasteiger partial charge in [0.2, 0.25) is 0 Å². The monoisotopic (exact) mass is 312 g/mol. The number of rotatable bonds is 6. The Balaban J connectivity index is 1.66. The average molecular weight is 312 g/mol. The summed E-state index contributed by atoms with van der Waals surface area (Å²) in [7, 11) is 2.06. The van der Waals surface area contributed by atoms with Crippen LogP contribution in [-0.4, -0.2) is 47.9 Å². The molecule has 5 heteroatoms. The SMILES string of the molecule is CN(CCc1ccccc1)c1cc(N2CCC[C@@H]2CO)ncn1. The van der Waals surface area contributed by atoms with Gasteiger partial charge in [0.1, 0.15) is 18.0 Å². The maximum atomic E-state index is 9.49. The van der Waals surface area contributed by atoms with Crippen molar-refractivity contribution in [2.45, 2.75) is 25.3 Å². The smallest absolute Gasteiger partial charge is 0.134 e. The van der Waals surface area contributed by atoms with Crippen molar-refractivity contribution in [3.63, 3.8) is 0 Å². The fraction of sp³-hybridized carbons (Fsp3) is 0.444. The van der Waals surface area contributed by atoms with Crippen LogP contribution in [0.4, 0.5) is 11.6 Å². The van der Waals surface area contributed by atoms with Crippen LogP contribution in [0, 0.1) is 0 Å². The van der Waals surface area contributed by atoms with Gasteiger partial charge in [-0.15, -0.1) is 0 Å². The Morgan fingerprint density at radius 1 is 1.26 bits per heavy atom. The number of aliphatic hydroxyl groups is 1. The maximum Gasteiger partial charge on any atom is 0.134 e. The van der Waals surface area contributed by atoms with Crippen molar-refractivity contribution < 1.29 is 5.11 Å². The van der Waals surface area contributed by atoms with Crippen LogP contribution in [0.2, 0.25) is 0 Å². The molecular weight excluding hydrogens is 288 g/mol. The third-order valence-electron chi connectivity index (χ3n) is 4.49. The summed E-state index contributed by atoms with van der Waals surface area (Å²) in [5.74, 6) is 1.84. The highest BCUT2D eigenvalue weighted by atomic mass is 16.3. The van der Waals surface area contributed by atoms with E-state index in [4.69, 9.17) is 0 Å². The second kappa shape index (κ2) is 7.42. The Kier molecular flexibility index (Phi) is 5.08. The lowest BCUT2D eigenvalue weighted by Crippen LogP contribution is -2.33. The summed E-state index contributed by atoms with van der Waals surface area (Å²) in [6.07, 6.45) is 4.74. The molecule has 3 rings (SSSR count). The molecule has 0 radical (unpaired) electrons. The molecule has 0 bridgehead atoms. The van der Waals surface area contributed by atoms with E-state index in [0.29, 0.717) is 0 Å². The molecule has 5 nitrogen and oxygen atoms in total. The zero-order valence-corrected chi connectivity index (χ0v) is 13.6. The van der Waals surface area contributed by atoms with E-state index in [9.17, 15) is 5.11 Å². The Morgan fingerprint density at radius 2 is 2.09 bits per heavy atom. The van der Waals surface area contributed by atoms with E-state index < -0.39 is 0 Å². The highest BCUT2D eigenvalue weighted by Crippen LogP contribution is 2.25. The summed E-state index contributed by atoms with van der Waals surface area (Å²) in [6.45, 7) is 2.04. The van der Waals surface area contributed by atoms with Gasteiger partial charge in [0.15, 0.2) is 0 Å². The van der Waals surface area contributed by atoms with Crippen LogP contribution in [0.15, 0.2) is 42.7 Å². The van der Waals surface area contributed by atoms with Gasteiger partial charge in [0.05, 0.1) is 12.6 Å². The van der Waals surface area contributed by atoms with E-state index >= 15 is 0 Å². The molecule has 1 aromatic heterocycles. The summed E-state index contributed by atoms with van der Waals surface area (Å²) < 4.78 is 0. The first kappa shape index (κ1) is 15.7. The van der Waals surface area contributed by atoms with Crippen LogP contribution < -0.4 is 9.80 Å². The number of likely N-dealkylation sites (N-methyl/N-ethyl adjacent to an activating group) is 1. The predicted octanol–water partition coefficient (Wildman–Crippen LogP) is 2.12. The fourth-order valence-electron chi connectivity index (χ4n) is 3.09. The number of aromatic nitrogens is 2. The summed E-state index contributed by atoms with van der Waals surface area (Å²) in [6, 6.07) is 12.7. The second-order valence-electron chi connectivity index (χ2n) is 6.06. The van der Waals surface area contributed by atoms with Gasteiger partial charge >= 0.3 is 0 Å². The molecule has 0 unspecified atom stereocenters. The van der Waals surface area contributed by atoms with Gasteiger partial charge in [-0.1, -0.05) is 30.3 Å². The lowest BCUT2D eigenvalue weighted by Gasteiger charge is -2.25. The Morgan fingerprint density at radius 3 is 2.87 bits per heavy atom. The van der Waals surface area contributed by atoms with Crippen molar-refractivity contribution >= 4 is 11.6 Å². The molecule has 0 amide bonds. The van der Waals surface area contributed by atoms with Crippen molar-refractivity contribution in [3.8, 4) is 0 Å². The van der Waals surface area contributed by atoms with Gasteiger partial charge in [0, 0.05) is 26.2 Å². The average Bonchev–Trinajstić information content (AvgIpc) is 3.09. The molecule has 1 aliphatic heterocycles. The maximum absolute atomic E-state index is 9.49. The van der Waals surface area contributed by atoms with Crippen LogP contribution in [0.25, 0.3) is 0 Å². The van der Waals surface area contributed by atoms with Gasteiger partial charge in [-0.25, -0.2) is 9.97 Å². The van der Waals surface area contributed by atoms with Crippen molar-refractivity contribution in [2.24, 2.45) is 0 Å². The van der Waals surface area contributed by atoms with E-state index in [0.717, 1.165) is 44.0 Å². The summed E-state index contributed by atoms with van der Waals surface area (Å²) in [5, 5.41) is 9.49. The lowest BCUT2D eigenvalue weighted by molar-refractivity contribution is 0.266. The summed E-state index contributed by atoms with van der Waals surface area (Å²) >= 11 is 0. The molecule has 1 aliphatic rings. The van der Waals surface area contributed by atoms with Gasteiger partial charge in [0.25, 0.3) is 0 Å². The van der Waals surface area contributed by atoms with Crippen LogP contribution in [0.5, 0.6) is 0 Å². The standard InChI is InChI=1S/C18H24N4O/c1-21(11-9-15-6-3-2-4-7-15)17-12-18(20-14-19-17)22-10-5-8-16(22)13-23/h2-4,6-7,12,14,16,23H,5,8-11,13H2,1H3/t16-/m1/s1. The van der Waals surface area contributed by atoms with E-state index in [1.54, 1.807) is 6.33 Å². The number of hydrogen-bond donors (Lipinski definition) is 1. The first-order chi connectivity index (χ1) is 11.3. The van der Waals surface area contributed by atoms with E-state index in [2.05, 4.69) is 51.1 Å². The molecular formula is C18H24N4O. The first-order valence-corrected chi connectivity index (χ1v) is 8.22. The molecule has 1 saturated heterocycles. The normalized spacial score (nSPS) is 17.5. The lowest BCUT2D eigenvalue weighted by atomic mass is 10.1. The van der Waals surface area contributed by atoms with Gasteiger partial charge in [-0.05, 0) is 24.8 Å². The fourth-order valence-corrected chi connectivity index (χ4v) is 3.09. The number of aliphatic hydroxyl groups excluding tert-OH is 1. The van der Waals surface area contributed by atoms with E-state index in [1.807, 2.05) is 12.1 Å². The molecule has 2 aromatic rings. The number of nitrogens with zero attached hydrogens (tertiary/aromatic N) is 4. The molecule has 1 aromatic carbocycles. The third-order valence-corrected chi connectivity index (χ3v) is 4.49. The Bertz CT molecular complexity index is 619. The molecule has 1 fully saturated rings. The largest absolute Gasteiger partial charge is 0.394 e. The van der Waals surface area contributed by atoms with Crippen molar-refractivity contribution in [3.05, 3.63) is 48.3 Å². The van der Waals surface area contributed by atoms with E-state index in [1.165, 1.54) is 5.56 Å². The minimum absolute atomic E-state index is 0.184. The molecule has 0 aliphatic carbocycles. The van der Waals surface area contributed by atoms with Crippen molar-refractivity contribution in [1.82, 2.24) is 9.97 Å². The van der Waals surface area contributed by atoms with E-state index in [-0.39, 0.29) is 12.6 Å².